The molecule has 1 amide bonds. The summed E-state index contributed by atoms with van der Waals surface area (Å²) in [5, 5.41) is 21.9. The summed E-state index contributed by atoms with van der Waals surface area (Å²) in [5.74, 6) is -0.416. The summed E-state index contributed by atoms with van der Waals surface area (Å²) in [7, 11) is 1.51. The van der Waals surface area contributed by atoms with Crippen molar-refractivity contribution < 1.29 is 24.5 Å². The lowest BCUT2D eigenvalue weighted by Gasteiger charge is -2.19. The fraction of sp³-hybridized carbons (Fsp3) is 0.583. The van der Waals surface area contributed by atoms with Gasteiger partial charge in [0.15, 0.2) is 5.88 Å². The van der Waals surface area contributed by atoms with Crippen molar-refractivity contribution in [2.24, 2.45) is 0 Å². The van der Waals surface area contributed by atoms with Gasteiger partial charge in [-0.05, 0) is 20.8 Å². The second-order valence-electron chi connectivity index (χ2n) is 5.01. The summed E-state index contributed by atoms with van der Waals surface area (Å²) in [4.78, 5) is 11.6. The molecule has 0 saturated carbocycles. The molecule has 0 spiro atoms. The summed E-state index contributed by atoms with van der Waals surface area (Å²) in [6, 6.07) is 1.24. The monoisotopic (exact) mass is 272 g/mol. The summed E-state index contributed by atoms with van der Waals surface area (Å²) in [6.07, 6.45) is -0.702. The van der Waals surface area contributed by atoms with Crippen molar-refractivity contribution in [1.29, 1.82) is 0 Å². The van der Waals surface area contributed by atoms with Crippen molar-refractivity contribution in [1.82, 2.24) is 4.57 Å². The quantitative estimate of drug-likeness (QED) is 0.778. The molecule has 19 heavy (non-hydrogen) atoms. The van der Waals surface area contributed by atoms with Crippen LogP contribution in [-0.4, -0.2) is 40.2 Å². The molecule has 0 fully saturated rings. The van der Waals surface area contributed by atoms with Gasteiger partial charge in [-0.3, -0.25) is 9.88 Å². The number of carbonyl (C=O) groups excluding carboxylic acids is 1. The Balaban J connectivity index is 2.77. The number of nitrogens with zero attached hydrogens (tertiary/aromatic N) is 1. The van der Waals surface area contributed by atoms with E-state index in [0.717, 1.165) is 0 Å². The van der Waals surface area contributed by atoms with E-state index in [0.29, 0.717) is 6.61 Å². The zero-order valence-corrected chi connectivity index (χ0v) is 11.6. The standard InChI is InChI=1S/C12H20N2O5/c1-12(2,3)19-11(17)13-8-7-9(15)14(10(8)16)5-6-18-4/h7,15-16H,5-6H2,1-4H3,(H,13,17). The van der Waals surface area contributed by atoms with E-state index in [9.17, 15) is 15.0 Å². The van der Waals surface area contributed by atoms with Crippen LogP contribution in [0, 0.1) is 0 Å². The molecule has 0 aliphatic carbocycles. The van der Waals surface area contributed by atoms with Crippen LogP contribution in [0.15, 0.2) is 6.07 Å². The van der Waals surface area contributed by atoms with Crippen molar-refractivity contribution in [3.63, 3.8) is 0 Å². The molecular weight excluding hydrogens is 252 g/mol. The van der Waals surface area contributed by atoms with E-state index in [2.05, 4.69) is 5.32 Å². The highest BCUT2D eigenvalue weighted by atomic mass is 16.6. The van der Waals surface area contributed by atoms with Crippen molar-refractivity contribution in [3.05, 3.63) is 6.07 Å². The maximum atomic E-state index is 11.6. The molecule has 108 valence electrons. The molecule has 7 nitrogen and oxygen atoms in total. The number of rotatable bonds is 4. The molecule has 1 aromatic heterocycles. The third-order valence-corrected chi connectivity index (χ3v) is 2.20. The Labute approximate surface area is 111 Å². The number of aromatic hydroxyl groups is 2. The van der Waals surface area contributed by atoms with E-state index in [1.807, 2.05) is 0 Å². The molecule has 3 N–H and O–H groups in total. The number of ether oxygens (including phenoxy) is 2. The molecule has 1 heterocycles. The zero-order valence-electron chi connectivity index (χ0n) is 11.6. The first-order chi connectivity index (χ1) is 8.74. The normalized spacial score (nSPS) is 11.4. The largest absolute Gasteiger partial charge is 0.494 e. The van der Waals surface area contributed by atoms with Gasteiger partial charge < -0.3 is 19.7 Å². The molecule has 0 atom stereocenters. The molecule has 0 unspecified atom stereocenters. The number of hydrogen-bond donors (Lipinski definition) is 3. The Bertz CT molecular complexity index is 448. The van der Waals surface area contributed by atoms with Crippen molar-refractivity contribution in [2.75, 3.05) is 19.0 Å². The summed E-state index contributed by atoms with van der Waals surface area (Å²) >= 11 is 0. The van der Waals surface area contributed by atoms with Crippen molar-refractivity contribution >= 4 is 11.8 Å². The van der Waals surface area contributed by atoms with Gasteiger partial charge in [0, 0.05) is 13.2 Å². The number of carbonyl (C=O) groups is 1. The third kappa shape index (κ3) is 4.36. The van der Waals surface area contributed by atoms with E-state index in [1.54, 1.807) is 20.8 Å². The van der Waals surface area contributed by atoms with Crippen molar-refractivity contribution in [2.45, 2.75) is 32.9 Å². The Kier molecular flexibility index (Phi) is 4.66. The number of nitrogens with one attached hydrogen (secondary N) is 1. The molecule has 0 aliphatic heterocycles. The first-order valence-corrected chi connectivity index (χ1v) is 5.85. The minimum Gasteiger partial charge on any atom is -0.494 e. The van der Waals surface area contributed by atoms with Crippen LogP contribution in [-0.2, 0) is 16.0 Å². The van der Waals surface area contributed by atoms with Crippen LogP contribution in [0.4, 0.5) is 10.5 Å². The third-order valence-electron chi connectivity index (χ3n) is 2.20. The molecule has 0 radical (unpaired) electrons. The van der Waals surface area contributed by atoms with Gasteiger partial charge in [-0.25, -0.2) is 4.79 Å². The highest BCUT2D eigenvalue weighted by Gasteiger charge is 2.20. The topological polar surface area (TPSA) is 93.0 Å². The van der Waals surface area contributed by atoms with Gasteiger partial charge >= 0.3 is 6.09 Å². The minimum atomic E-state index is -0.702. The smallest absolute Gasteiger partial charge is 0.412 e. The van der Waals surface area contributed by atoms with Gasteiger partial charge in [0.05, 0.1) is 13.2 Å². The van der Waals surface area contributed by atoms with Gasteiger partial charge in [-0.2, -0.15) is 0 Å². The average Bonchev–Trinajstić information content (AvgIpc) is 2.49. The highest BCUT2D eigenvalue weighted by Crippen LogP contribution is 2.32. The Morgan fingerprint density at radius 3 is 2.58 bits per heavy atom. The first-order valence-electron chi connectivity index (χ1n) is 5.85. The highest BCUT2D eigenvalue weighted by molar-refractivity contribution is 5.87. The lowest BCUT2D eigenvalue weighted by atomic mass is 10.2. The Morgan fingerprint density at radius 2 is 2.05 bits per heavy atom. The maximum Gasteiger partial charge on any atom is 0.412 e. The van der Waals surface area contributed by atoms with E-state index >= 15 is 0 Å². The van der Waals surface area contributed by atoms with Crippen LogP contribution in [0.25, 0.3) is 0 Å². The van der Waals surface area contributed by atoms with Gasteiger partial charge in [0.25, 0.3) is 0 Å². The summed E-state index contributed by atoms with van der Waals surface area (Å²) < 4.78 is 11.1. The number of amides is 1. The van der Waals surface area contributed by atoms with Crippen LogP contribution in [0.2, 0.25) is 0 Å². The lowest BCUT2D eigenvalue weighted by Crippen LogP contribution is -2.27. The maximum absolute atomic E-state index is 11.6. The first kappa shape index (κ1) is 15.2. The second kappa shape index (κ2) is 5.83. The number of methoxy groups -OCH3 is 1. The fourth-order valence-electron chi connectivity index (χ4n) is 1.43. The number of hydrogen-bond acceptors (Lipinski definition) is 5. The van der Waals surface area contributed by atoms with Gasteiger partial charge in [0.2, 0.25) is 5.88 Å². The van der Waals surface area contributed by atoms with Gasteiger partial charge in [-0.15, -0.1) is 0 Å². The SMILES string of the molecule is COCCn1c(O)cc(NC(=O)OC(C)(C)C)c1O. The van der Waals surface area contributed by atoms with E-state index < -0.39 is 11.7 Å². The molecule has 0 bridgehead atoms. The Hall–Kier alpha value is -1.89. The van der Waals surface area contributed by atoms with Crippen molar-refractivity contribution in [3.8, 4) is 11.8 Å². The van der Waals surface area contributed by atoms with Crippen LogP contribution in [0.5, 0.6) is 11.8 Å². The number of anilines is 1. The van der Waals surface area contributed by atoms with Crippen LogP contribution < -0.4 is 5.32 Å². The van der Waals surface area contributed by atoms with E-state index in [1.165, 1.54) is 17.7 Å². The molecule has 0 saturated heterocycles. The van der Waals surface area contributed by atoms with Crippen LogP contribution in [0.3, 0.4) is 0 Å². The molecule has 7 heteroatoms. The predicted molar refractivity (Wildman–Crippen MR) is 69.5 cm³/mol. The van der Waals surface area contributed by atoms with E-state index in [4.69, 9.17) is 9.47 Å². The number of aromatic nitrogens is 1. The zero-order chi connectivity index (χ0) is 14.6. The van der Waals surface area contributed by atoms with Gasteiger partial charge in [-0.1, -0.05) is 0 Å². The molecule has 0 aromatic carbocycles. The second-order valence-corrected chi connectivity index (χ2v) is 5.01. The lowest BCUT2D eigenvalue weighted by molar-refractivity contribution is 0.0635. The minimum absolute atomic E-state index is 0.0860. The predicted octanol–water partition coefficient (Wildman–Crippen LogP) is 1.89. The van der Waals surface area contributed by atoms with E-state index in [-0.39, 0.29) is 24.0 Å². The van der Waals surface area contributed by atoms with Crippen LogP contribution in [0.1, 0.15) is 20.8 Å². The average molecular weight is 272 g/mol. The Morgan fingerprint density at radius 1 is 1.42 bits per heavy atom. The summed E-state index contributed by atoms with van der Waals surface area (Å²) in [6.45, 7) is 5.78. The summed E-state index contributed by atoms with van der Waals surface area (Å²) in [5.41, 5.74) is -0.553. The van der Waals surface area contributed by atoms with Gasteiger partial charge in [0.1, 0.15) is 11.3 Å². The molecular formula is C12H20N2O5. The fourth-order valence-corrected chi connectivity index (χ4v) is 1.43. The molecule has 0 aliphatic rings. The molecule has 1 aromatic rings. The molecule has 1 rings (SSSR count). The van der Waals surface area contributed by atoms with Crippen LogP contribution >= 0.6 is 0 Å².